The van der Waals surface area contributed by atoms with Crippen molar-refractivity contribution in [2.45, 2.75) is 32.6 Å². The molecule has 0 unspecified atom stereocenters. The number of carbonyl (C=O) groups is 1. The van der Waals surface area contributed by atoms with Crippen LogP contribution in [-0.2, 0) is 4.79 Å². The van der Waals surface area contributed by atoms with Crippen LogP contribution in [-0.4, -0.2) is 30.1 Å². The molecule has 0 bridgehead atoms. The molecule has 1 rings (SSSR count). The van der Waals surface area contributed by atoms with E-state index in [-0.39, 0.29) is 6.54 Å². The lowest BCUT2D eigenvalue weighted by atomic mass is 10.2. The highest BCUT2D eigenvalue weighted by Gasteiger charge is 2.02. The lowest BCUT2D eigenvalue weighted by Crippen LogP contribution is -2.40. The first kappa shape index (κ1) is 17.5. The van der Waals surface area contributed by atoms with Gasteiger partial charge in [-0.15, -0.1) is 0 Å². The van der Waals surface area contributed by atoms with Gasteiger partial charge in [0.15, 0.2) is 5.96 Å². The summed E-state index contributed by atoms with van der Waals surface area (Å²) in [6.45, 7) is 2.69. The van der Waals surface area contributed by atoms with Gasteiger partial charge in [-0.25, -0.2) is 4.99 Å². The summed E-state index contributed by atoms with van der Waals surface area (Å²) in [4.78, 5) is 15.0. The van der Waals surface area contributed by atoms with Crippen LogP contribution in [0.5, 0.6) is 0 Å². The second-order valence-electron chi connectivity index (χ2n) is 4.85. The third kappa shape index (κ3) is 7.29. The van der Waals surface area contributed by atoms with Crippen molar-refractivity contribution in [2.75, 3.05) is 13.1 Å². The van der Waals surface area contributed by atoms with Crippen molar-refractivity contribution in [3.05, 3.63) is 29.8 Å². The Kier molecular flexibility index (Phi) is 8.13. The van der Waals surface area contributed by atoms with E-state index in [1.807, 2.05) is 6.07 Å². The van der Waals surface area contributed by atoms with Crippen molar-refractivity contribution in [1.82, 2.24) is 10.6 Å². The molecule has 0 spiro atoms. The number of unbranched alkanes of at least 4 members (excludes halogenated alkanes) is 3. The molecule has 118 valence electrons. The molecule has 0 radical (unpaired) electrons. The molecule has 0 aliphatic carbocycles. The number of guanidine groups is 1. The highest BCUT2D eigenvalue weighted by atomic mass is 16.4. The van der Waals surface area contributed by atoms with Crippen LogP contribution in [0.15, 0.2) is 29.3 Å². The highest BCUT2D eigenvalue weighted by Crippen LogP contribution is 2.12. The van der Waals surface area contributed by atoms with Gasteiger partial charge in [0.05, 0.1) is 17.3 Å². The van der Waals surface area contributed by atoms with E-state index < -0.39 is 5.97 Å². The first-order valence-corrected chi connectivity index (χ1v) is 7.44. The Balaban J connectivity index is 2.64. The van der Waals surface area contributed by atoms with Crippen molar-refractivity contribution < 1.29 is 9.90 Å². The molecule has 0 saturated heterocycles. The van der Waals surface area contributed by atoms with Gasteiger partial charge in [0.25, 0.3) is 0 Å². The number of hydrogen-bond acceptors (Lipinski definition) is 3. The number of aliphatic carboxylic acids is 1. The van der Waals surface area contributed by atoms with Gasteiger partial charge in [-0.1, -0.05) is 26.2 Å². The minimum atomic E-state index is -0.944. The molecular weight excluding hydrogens is 280 g/mol. The van der Waals surface area contributed by atoms with Gasteiger partial charge in [0.2, 0.25) is 0 Å². The minimum Gasteiger partial charge on any atom is -0.480 e. The molecule has 6 heteroatoms. The maximum absolute atomic E-state index is 10.7. The fraction of sp³-hybridized carbons (Fsp3) is 0.438. The van der Waals surface area contributed by atoms with E-state index in [4.69, 9.17) is 10.4 Å². The fourth-order valence-electron chi connectivity index (χ4n) is 1.80. The monoisotopic (exact) mass is 302 g/mol. The largest absolute Gasteiger partial charge is 0.480 e. The average molecular weight is 302 g/mol. The normalized spacial score (nSPS) is 10.8. The van der Waals surface area contributed by atoms with Crippen molar-refractivity contribution >= 4 is 17.6 Å². The lowest BCUT2D eigenvalue weighted by molar-refractivity contribution is -0.135. The molecule has 0 aliphatic heterocycles. The van der Waals surface area contributed by atoms with Gasteiger partial charge in [-0.3, -0.25) is 4.79 Å². The Labute approximate surface area is 130 Å². The molecule has 0 heterocycles. The van der Waals surface area contributed by atoms with Gasteiger partial charge in [-0.2, -0.15) is 5.26 Å². The SMILES string of the molecule is CCCCCCNC(=Nc1ccc(C#N)cc1)NCC(=O)O. The third-order valence-corrected chi connectivity index (χ3v) is 2.97. The first-order valence-electron chi connectivity index (χ1n) is 7.44. The Bertz CT molecular complexity index is 532. The van der Waals surface area contributed by atoms with E-state index >= 15 is 0 Å². The van der Waals surface area contributed by atoms with Gasteiger partial charge in [-0.05, 0) is 30.7 Å². The number of aliphatic imine (C=N–C) groups is 1. The van der Waals surface area contributed by atoms with Gasteiger partial charge >= 0.3 is 5.97 Å². The highest BCUT2D eigenvalue weighted by molar-refractivity contribution is 5.85. The number of nitrogens with zero attached hydrogens (tertiary/aromatic N) is 2. The summed E-state index contributed by atoms with van der Waals surface area (Å²) in [7, 11) is 0. The van der Waals surface area contributed by atoms with Crippen LogP contribution < -0.4 is 10.6 Å². The van der Waals surface area contributed by atoms with Crippen LogP contribution in [0, 0.1) is 11.3 Å². The standard InChI is InChI=1S/C16H22N4O2/c1-2-3-4-5-10-18-16(19-12-15(21)22)20-14-8-6-13(11-17)7-9-14/h6-9H,2-5,10,12H2,1H3,(H,21,22)(H2,18,19,20). The summed E-state index contributed by atoms with van der Waals surface area (Å²) in [5, 5.41) is 23.4. The maximum Gasteiger partial charge on any atom is 0.322 e. The van der Waals surface area contributed by atoms with Crippen LogP contribution in [0.2, 0.25) is 0 Å². The second kappa shape index (κ2) is 10.2. The summed E-state index contributed by atoms with van der Waals surface area (Å²) in [6.07, 6.45) is 4.50. The molecule has 1 aromatic rings. The quantitative estimate of drug-likeness (QED) is 0.389. The van der Waals surface area contributed by atoms with Crippen LogP contribution in [0.3, 0.4) is 0 Å². The molecule has 22 heavy (non-hydrogen) atoms. The van der Waals surface area contributed by atoms with Crippen LogP contribution in [0.4, 0.5) is 5.69 Å². The summed E-state index contributed by atoms with van der Waals surface area (Å²) < 4.78 is 0. The summed E-state index contributed by atoms with van der Waals surface area (Å²) in [6, 6.07) is 8.84. The number of nitriles is 1. The number of carboxylic acids is 1. The summed E-state index contributed by atoms with van der Waals surface area (Å²) in [5.41, 5.74) is 1.22. The van der Waals surface area contributed by atoms with Crippen LogP contribution >= 0.6 is 0 Å². The smallest absolute Gasteiger partial charge is 0.322 e. The molecule has 0 aliphatic rings. The second-order valence-corrected chi connectivity index (χ2v) is 4.85. The first-order chi connectivity index (χ1) is 10.7. The number of rotatable bonds is 8. The number of hydrogen-bond donors (Lipinski definition) is 3. The molecule has 0 fully saturated rings. The topological polar surface area (TPSA) is 97.5 Å². The molecule has 3 N–H and O–H groups in total. The van der Waals surface area contributed by atoms with Crippen LogP contribution in [0.1, 0.15) is 38.2 Å². The summed E-state index contributed by atoms with van der Waals surface area (Å²) in [5.74, 6) is -0.510. The third-order valence-electron chi connectivity index (χ3n) is 2.97. The zero-order chi connectivity index (χ0) is 16.2. The van der Waals surface area contributed by atoms with E-state index in [0.29, 0.717) is 17.2 Å². The molecule has 0 amide bonds. The minimum absolute atomic E-state index is 0.197. The van der Waals surface area contributed by atoms with Crippen molar-refractivity contribution in [3.8, 4) is 6.07 Å². The van der Waals surface area contributed by atoms with Crippen molar-refractivity contribution in [2.24, 2.45) is 4.99 Å². The average Bonchev–Trinajstić information content (AvgIpc) is 2.52. The Morgan fingerprint density at radius 3 is 2.55 bits per heavy atom. The molecule has 0 atom stereocenters. The van der Waals surface area contributed by atoms with Crippen molar-refractivity contribution in [1.29, 1.82) is 5.26 Å². The molecule has 0 saturated carbocycles. The molecule has 1 aromatic carbocycles. The zero-order valence-corrected chi connectivity index (χ0v) is 12.8. The van der Waals surface area contributed by atoms with E-state index in [0.717, 1.165) is 19.4 Å². The molecule has 0 aromatic heterocycles. The van der Waals surface area contributed by atoms with Crippen LogP contribution in [0.25, 0.3) is 0 Å². The summed E-state index contributed by atoms with van der Waals surface area (Å²) >= 11 is 0. The van der Waals surface area contributed by atoms with E-state index in [1.54, 1.807) is 24.3 Å². The Hall–Kier alpha value is -2.55. The van der Waals surface area contributed by atoms with E-state index in [2.05, 4.69) is 22.5 Å². The predicted octanol–water partition coefficient (Wildman–Crippen LogP) is 2.39. The Morgan fingerprint density at radius 2 is 1.95 bits per heavy atom. The van der Waals surface area contributed by atoms with E-state index in [1.165, 1.54) is 12.8 Å². The molecule has 6 nitrogen and oxygen atoms in total. The van der Waals surface area contributed by atoms with E-state index in [9.17, 15) is 4.79 Å². The maximum atomic E-state index is 10.7. The molecular formula is C16H22N4O2. The Morgan fingerprint density at radius 1 is 1.23 bits per heavy atom. The number of benzene rings is 1. The zero-order valence-electron chi connectivity index (χ0n) is 12.8. The van der Waals surface area contributed by atoms with Gasteiger partial charge in [0.1, 0.15) is 6.54 Å². The fourth-order valence-corrected chi connectivity index (χ4v) is 1.80. The predicted molar refractivity (Wildman–Crippen MR) is 86.0 cm³/mol. The van der Waals surface area contributed by atoms with Gasteiger partial charge in [0, 0.05) is 6.54 Å². The number of carboxylic acid groups (broad SMARTS) is 1. The van der Waals surface area contributed by atoms with Gasteiger partial charge < -0.3 is 15.7 Å². The number of nitrogens with one attached hydrogen (secondary N) is 2. The van der Waals surface area contributed by atoms with Crippen molar-refractivity contribution in [3.63, 3.8) is 0 Å². The lowest BCUT2D eigenvalue weighted by Gasteiger charge is -2.11.